The van der Waals surface area contributed by atoms with Gasteiger partial charge in [-0.3, -0.25) is 9.79 Å². The summed E-state index contributed by atoms with van der Waals surface area (Å²) in [6.07, 6.45) is 5.07. The minimum Gasteiger partial charge on any atom is -0.356 e. The van der Waals surface area contributed by atoms with Gasteiger partial charge < -0.3 is 20.4 Å². The van der Waals surface area contributed by atoms with Crippen LogP contribution in [0.4, 0.5) is 0 Å². The first-order valence-electron chi connectivity index (χ1n) is 11.6. The van der Waals surface area contributed by atoms with Gasteiger partial charge in [0.1, 0.15) is 0 Å². The summed E-state index contributed by atoms with van der Waals surface area (Å²) in [7, 11) is 1.81. The van der Waals surface area contributed by atoms with Crippen molar-refractivity contribution in [2.45, 2.75) is 46.0 Å². The number of halogens is 1. The molecular weight excluding hydrogens is 501 g/mol. The molecule has 1 amide bonds. The van der Waals surface area contributed by atoms with Crippen LogP contribution >= 0.6 is 24.0 Å². The third kappa shape index (κ3) is 10.7. The number of likely N-dealkylation sites (tertiary alicyclic amines) is 1. The minimum absolute atomic E-state index is 0. The maximum absolute atomic E-state index is 12.3. The average molecular weight is 544 g/mol. The molecule has 0 spiro atoms. The number of benzene rings is 1. The van der Waals surface area contributed by atoms with Gasteiger partial charge in [0.15, 0.2) is 5.96 Å². The Bertz CT molecular complexity index is 634. The van der Waals surface area contributed by atoms with Crippen LogP contribution in [0.3, 0.4) is 0 Å². The largest absolute Gasteiger partial charge is 0.356 e. The summed E-state index contributed by atoms with van der Waals surface area (Å²) in [5, 5.41) is 6.83. The molecule has 0 aliphatic carbocycles. The summed E-state index contributed by atoms with van der Waals surface area (Å²) < 4.78 is 0. The molecule has 1 unspecified atom stereocenters. The van der Waals surface area contributed by atoms with Crippen molar-refractivity contribution in [2.75, 3.05) is 52.9 Å². The number of hydrogen-bond acceptors (Lipinski definition) is 3. The Morgan fingerprint density at radius 2 is 1.84 bits per heavy atom. The predicted octanol–water partition coefficient (Wildman–Crippen LogP) is 3.37. The molecule has 176 valence electrons. The molecule has 1 atom stereocenters. The summed E-state index contributed by atoms with van der Waals surface area (Å²) in [6, 6.07) is 10.4. The molecule has 6 nitrogen and oxygen atoms in total. The van der Waals surface area contributed by atoms with E-state index in [4.69, 9.17) is 0 Å². The van der Waals surface area contributed by atoms with Crippen molar-refractivity contribution >= 4 is 35.8 Å². The van der Waals surface area contributed by atoms with E-state index in [1.54, 1.807) is 0 Å². The van der Waals surface area contributed by atoms with E-state index in [9.17, 15) is 4.79 Å². The number of aliphatic imine (C=N–C) groups is 1. The topological polar surface area (TPSA) is 60.0 Å². The molecule has 1 saturated heterocycles. The van der Waals surface area contributed by atoms with Crippen molar-refractivity contribution < 1.29 is 4.79 Å². The summed E-state index contributed by atoms with van der Waals surface area (Å²) in [5.74, 6) is 1.45. The van der Waals surface area contributed by atoms with Gasteiger partial charge in [-0.25, -0.2) is 0 Å². The smallest absolute Gasteiger partial charge is 0.223 e. The highest BCUT2D eigenvalue weighted by Crippen LogP contribution is 2.17. The lowest BCUT2D eigenvalue weighted by Crippen LogP contribution is -2.41. The van der Waals surface area contributed by atoms with E-state index in [2.05, 4.69) is 58.6 Å². The molecule has 0 radical (unpaired) electrons. The Morgan fingerprint density at radius 1 is 1.13 bits per heavy atom. The highest BCUT2D eigenvalue weighted by atomic mass is 127. The van der Waals surface area contributed by atoms with Gasteiger partial charge in [0, 0.05) is 45.6 Å². The van der Waals surface area contributed by atoms with Crippen LogP contribution in [0.2, 0.25) is 0 Å². The van der Waals surface area contributed by atoms with E-state index in [0.29, 0.717) is 12.3 Å². The van der Waals surface area contributed by atoms with Crippen molar-refractivity contribution in [1.82, 2.24) is 20.4 Å². The van der Waals surface area contributed by atoms with Crippen molar-refractivity contribution in [3.63, 3.8) is 0 Å². The van der Waals surface area contributed by atoms with Crippen LogP contribution in [-0.2, 0) is 11.2 Å². The number of carbonyl (C=O) groups excluding carboxylic acids is 1. The molecule has 1 aliphatic rings. The van der Waals surface area contributed by atoms with Crippen LogP contribution in [-0.4, -0.2) is 74.5 Å². The number of nitrogens with one attached hydrogen (secondary N) is 2. The van der Waals surface area contributed by atoms with Gasteiger partial charge in [0.05, 0.1) is 0 Å². The summed E-state index contributed by atoms with van der Waals surface area (Å²) in [6.45, 7) is 11.3. The number of carbonyl (C=O) groups is 1. The van der Waals surface area contributed by atoms with E-state index in [0.717, 1.165) is 51.5 Å². The Kier molecular flexibility index (Phi) is 14.6. The van der Waals surface area contributed by atoms with Crippen molar-refractivity contribution in [3.05, 3.63) is 35.9 Å². The first kappa shape index (κ1) is 27.7. The highest BCUT2D eigenvalue weighted by Gasteiger charge is 2.29. The van der Waals surface area contributed by atoms with Crippen LogP contribution in [0.25, 0.3) is 0 Å². The number of guanidine groups is 1. The second kappa shape index (κ2) is 16.3. The molecule has 0 bridgehead atoms. The lowest BCUT2D eigenvalue weighted by Gasteiger charge is -2.21. The van der Waals surface area contributed by atoms with Gasteiger partial charge in [-0.2, -0.15) is 0 Å². The zero-order chi connectivity index (χ0) is 21.6. The second-order valence-electron chi connectivity index (χ2n) is 8.22. The quantitative estimate of drug-likeness (QED) is 0.173. The van der Waals surface area contributed by atoms with E-state index >= 15 is 0 Å². The Labute approximate surface area is 206 Å². The fourth-order valence-electron chi connectivity index (χ4n) is 4.05. The van der Waals surface area contributed by atoms with Crippen molar-refractivity contribution in [1.29, 1.82) is 0 Å². The van der Waals surface area contributed by atoms with E-state index in [1.807, 2.05) is 18.0 Å². The zero-order valence-electron chi connectivity index (χ0n) is 19.6. The normalized spacial score (nSPS) is 16.5. The van der Waals surface area contributed by atoms with Gasteiger partial charge in [-0.1, -0.05) is 44.2 Å². The number of amides is 1. The maximum atomic E-state index is 12.3. The zero-order valence-corrected chi connectivity index (χ0v) is 21.9. The molecule has 31 heavy (non-hydrogen) atoms. The molecule has 1 aromatic rings. The van der Waals surface area contributed by atoms with Crippen LogP contribution < -0.4 is 10.6 Å². The van der Waals surface area contributed by atoms with Gasteiger partial charge in [0.25, 0.3) is 0 Å². The third-order valence-corrected chi connectivity index (χ3v) is 5.61. The van der Waals surface area contributed by atoms with E-state index in [-0.39, 0.29) is 29.9 Å². The Morgan fingerprint density at radius 3 is 2.48 bits per heavy atom. The first-order chi connectivity index (χ1) is 14.7. The summed E-state index contributed by atoms with van der Waals surface area (Å²) >= 11 is 0. The number of rotatable bonds is 13. The SMILES string of the molecule is CCCN(CCC)CCCNC(=NC)NCC1CC(=O)N(CCc2ccccc2)C1.I. The van der Waals surface area contributed by atoms with Crippen LogP contribution in [0.1, 0.15) is 45.1 Å². The van der Waals surface area contributed by atoms with Gasteiger partial charge in [-0.15, -0.1) is 24.0 Å². The Balaban J connectivity index is 0.00000480. The van der Waals surface area contributed by atoms with Gasteiger partial charge >= 0.3 is 0 Å². The minimum atomic E-state index is 0. The fraction of sp³-hybridized carbons (Fsp3) is 0.667. The van der Waals surface area contributed by atoms with Gasteiger partial charge in [0.2, 0.25) is 5.91 Å². The number of nitrogens with zero attached hydrogens (tertiary/aromatic N) is 3. The Hall–Kier alpha value is -1.35. The standard InChI is InChI=1S/C24H41N5O.HI/c1-4-14-28(15-5-2)16-9-13-26-24(25-3)27-19-22-18-23(30)29(20-22)17-12-21-10-7-6-8-11-21;/h6-8,10-11,22H,4-5,9,12-20H2,1-3H3,(H2,25,26,27);1H. The highest BCUT2D eigenvalue weighted by molar-refractivity contribution is 14.0. The maximum Gasteiger partial charge on any atom is 0.223 e. The number of hydrogen-bond donors (Lipinski definition) is 2. The molecule has 1 heterocycles. The first-order valence-corrected chi connectivity index (χ1v) is 11.6. The fourth-order valence-corrected chi connectivity index (χ4v) is 4.05. The van der Waals surface area contributed by atoms with Crippen molar-refractivity contribution in [3.8, 4) is 0 Å². The monoisotopic (exact) mass is 543 g/mol. The average Bonchev–Trinajstić information content (AvgIpc) is 3.12. The molecule has 1 fully saturated rings. The van der Waals surface area contributed by atoms with E-state index in [1.165, 1.54) is 31.5 Å². The third-order valence-electron chi connectivity index (χ3n) is 5.61. The lowest BCUT2D eigenvalue weighted by atomic mass is 10.1. The molecule has 2 N–H and O–H groups in total. The molecule has 7 heteroatoms. The molecular formula is C24H42IN5O. The van der Waals surface area contributed by atoms with Crippen LogP contribution in [0.5, 0.6) is 0 Å². The molecule has 2 rings (SSSR count). The molecule has 1 aromatic carbocycles. The summed E-state index contributed by atoms with van der Waals surface area (Å²) in [5.41, 5.74) is 1.29. The molecule has 1 aliphatic heterocycles. The lowest BCUT2D eigenvalue weighted by molar-refractivity contribution is -0.127. The summed E-state index contributed by atoms with van der Waals surface area (Å²) in [4.78, 5) is 21.2. The van der Waals surface area contributed by atoms with Crippen LogP contribution in [0, 0.1) is 5.92 Å². The molecule has 0 aromatic heterocycles. The van der Waals surface area contributed by atoms with E-state index < -0.39 is 0 Å². The second-order valence-corrected chi connectivity index (χ2v) is 8.22. The van der Waals surface area contributed by atoms with Crippen LogP contribution in [0.15, 0.2) is 35.3 Å². The van der Waals surface area contributed by atoms with Gasteiger partial charge in [-0.05, 0) is 50.9 Å². The predicted molar refractivity (Wildman–Crippen MR) is 141 cm³/mol. The van der Waals surface area contributed by atoms with Crippen molar-refractivity contribution in [2.24, 2.45) is 10.9 Å². The molecule has 0 saturated carbocycles.